The Kier molecular flexibility index (Phi) is 5.92. The van der Waals surface area contributed by atoms with Crippen LogP contribution in [0.25, 0.3) is 38.6 Å². The molecule has 0 aliphatic rings. The molecule has 7 nitrogen and oxygen atoms in total. The van der Waals surface area contributed by atoms with Gasteiger partial charge in [0.25, 0.3) is 0 Å². The molecule has 35 heavy (non-hydrogen) atoms. The molecule has 1 N–H and O–H groups in total. The molecule has 2 heterocycles. The molecule has 0 bridgehead atoms. The molecule has 0 saturated carbocycles. The maximum Gasteiger partial charge on any atom is 0.345 e. The standard InChI is InChI=1S/C27H19N3O4S/c1-32-18-8-10-25(33-2)22(11-18)29-14-17(13-28)26-30-23(15-35-26)21-12-20-19-6-4-3-5-16(19)7-9-24(20)34-27(21)31/h3-12,14-15,29H,1-2H3/b17-14-. The van der Waals surface area contributed by atoms with Crippen molar-refractivity contribution in [1.29, 1.82) is 5.26 Å². The molecule has 5 aromatic rings. The number of thiazole rings is 1. The largest absolute Gasteiger partial charge is 0.497 e. The van der Waals surface area contributed by atoms with Crippen molar-refractivity contribution in [3.63, 3.8) is 0 Å². The van der Waals surface area contributed by atoms with Crippen LogP contribution in [0, 0.1) is 11.3 Å². The fraction of sp³-hybridized carbons (Fsp3) is 0.0741. The average Bonchev–Trinajstić information content (AvgIpc) is 3.38. The first-order valence-electron chi connectivity index (χ1n) is 10.6. The van der Waals surface area contributed by atoms with Crippen LogP contribution in [0.1, 0.15) is 5.01 Å². The van der Waals surface area contributed by atoms with Gasteiger partial charge in [0.15, 0.2) is 0 Å². The summed E-state index contributed by atoms with van der Waals surface area (Å²) >= 11 is 1.27. The number of allylic oxidation sites excluding steroid dienone is 1. The van der Waals surface area contributed by atoms with Gasteiger partial charge >= 0.3 is 5.63 Å². The van der Waals surface area contributed by atoms with Crippen molar-refractivity contribution in [2.24, 2.45) is 0 Å². The van der Waals surface area contributed by atoms with Crippen LogP contribution in [-0.2, 0) is 0 Å². The summed E-state index contributed by atoms with van der Waals surface area (Å²) in [6.07, 6.45) is 1.55. The van der Waals surface area contributed by atoms with Gasteiger partial charge in [-0.25, -0.2) is 9.78 Å². The monoisotopic (exact) mass is 481 g/mol. The van der Waals surface area contributed by atoms with Crippen LogP contribution in [0.15, 0.2) is 81.5 Å². The molecule has 0 radical (unpaired) electrons. The number of aromatic nitrogens is 1. The summed E-state index contributed by atoms with van der Waals surface area (Å²) in [7, 11) is 3.14. The Labute approximate surface area is 204 Å². The third-order valence-corrected chi connectivity index (χ3v) is 6.43. The summed E-state index contributed by atoms with van der Waals surface area (Å²) in [5.74, 6) is 1.24. The highest BCUT2D eigenvalue weighted by molar-refractivity contribution is 7.11. The molecule has 0 atom stereocenters. The highest BCUT2D eigenvalue weighted by atomic mass is 32.1. The summed E-state index contributed by atoms with van der Waals surface area (Å²) in [6, 6.07) is 20.9. The Morgan fingerprint density at radius 2 is 1.94 bits per heavy atom. The fourth-order valence-corrected chi connectivity index (χ4v) is 4.58. The predicted octanol–water partition coefficient (Wildman–Crippen LogP) is 6.06. The van der Waals surface area contributed by atoms with Crippen molar-refractivity contribution in [3.8, 4) is 28.8 Å². The molecule has 0 amide bonds. The summed E-state index contributed by atoms with van der Waals surface area (Å²) in [6.45, 7) is 0. The number of nitrogens with one attached hydrogen (secondary N) is 1. The molecule has 2 aromatic heterocycles. The Hall–Kier alpha value is -4.61. The van der Waals surface area contributed by atoms with Gasteiger partial charge in [-0.15, -0.1) is 11.3 Å². The molecule has 0 aliphatic heterocycles. The number of fused-ring (bicyclic) bond motifs is 3. The lowest BCUT2D eigenvalue weighted by molar-refractivity contribution is 0.405. The van der Waals surface area contributed by atoms with Gasteiger partial charge in [-0.2, -0.15) is 5.26 Å². The van der Waals surface area contributed by atoms with Crippen LogP contribution in [-0.4, -0.2) is 19.2 Å². The maximum absolute atomic E-state index is 12.7. The van der Waals surface area contributed by atoms with Crippen LogP contribution < -0.4 is 20.4 Å². The molecule has 8 heteroatoms. The van der Waals surface area contributed by atoms with E-state index in [1.54, 1.807) is 56.1 Å². The molecular formula is C27H19N3O4S. The normalized spacial score (nSPS) is 11.4. The highest BCUT2D eigenvalue weighted by Crippen LogP contribution is 2.31. The molecule has 0 spiro atoms. The second-order valence-corrected chi connectivity index (χ2v) is 8.42. The number of nitrogens with zero attached hydrogens (tertiary/aromatic N) is 2. The Bertz CT molecular complexity index is 1690. The predicted molar refractivity (Wildman–Crippen MR) is 138 cm³/mol. The first kappa shape index (κ1) is 22.2. The quantitative estimate of drug-likeness (QED) is 0.179. The number of methoxy groups -OCH3 is 2. The fourth-order valence-electron chi connectivity index (χ4n) is 3.79. The topological polar surface area (TPSA) is 97.4 Å². The SMILES string of the molecule is COc1ccc(OC)c(N/C=C(/C#N)c2nc(-c3cc4c(ccc5ccccc54)oc3=O)cs2)c1. The number of anilines is 1. The molecule has 3 aromatic carbocycles. The molecule has 0 aliphatic carbocycles. The van der Waals surface area contributed by atoms with Gasteiger partial charge in [-0.05, 0) is 35.0 Å². The van der Waals surface area contributed by atoms with E-state index in [9.17, 15) is 10.1 Å². The zero-order valence-corrected chi connectivity index (χ0v) is 19.7. The third kappa shape index (κ3) is 4.21. The highest BCUT2D eigenvalue weighted by Gasteiger charge is 2.15. The first-order chi connectivity index (χ1) is 17.1. The van der Waals surface area contributed by atoms with Crippen molar-refractivity contribution >= 4 is 44.3 Å². The summed E-state index contributed by atoms with van der Waals surface area (Å²) in [4.78, 5) is 17.3. The minimum absolute atomic E-state index is 0.307. The third-order valence-electron chi connectivity index (χ3n) is 5.55. The van der Waals surface area contributed by atoms with E-state index in [4.69, 9.17) is 13.9 Å². The van der Waals surface area contributed by atoms with E-state index in [1.165, 1.54) is 11.3 Å². The second-order valence-electron chi connectivity index (χ2n) is 7.56. The van der Waals surface area contributed by atoms with Crippen LogP contribution in [0.5, 0.6) is 11.5 Å². The number of hydrogen-bond acceptors (Lipinski definition) is 8. The van der Waals surface area contributed by atoms with E-state index in [2.05, 4.69) is 16.4 Å². The van der Waals surface area contributed by atoms with E-state index in [1.807, 2.05) is 30.3 Å². The van der Waals surface area contributed by atoms with Crippen LogP contribution in [0.4, 0.5) is 5.69 Å². The number of rotatable bonds is 6. The smallest absolute Gasteiger partial charge is 0.345 e. The maximum atomic E-state index is 12.7. The lowest BCUT2D eigenvalue weighted by Gasteiger charge is -2.10. The number of benzene rings is 3. The van der Waals surface area contributed by atoms with Gasteiger partial charge in [-0.1, -0.05) is 30.3 Å². The van der Waals surface area contributed by atoms with Crippen molar-refractivity contribution in [2.45, 2.75) is 0 Å². The van der Waals surface area contributed by atoms with Gasteiger partial charge in [0.05, 0.1) is 31.2 Å². The van der Waals surface area contributed by atoms with Crippen molar-refractivity contribution in [1.82, 2.24) is 4.98 Å². The zero-order chi connectivity index (χ0) is 24.4. The lowest BCUT2D eigenvalue weighted by Crippen LogP contribution is -2.03. The Morgan fingerprint density at radius 1 is 1.09 bits per heavy atom. The minimum atomic E-state index is -0.480. The molecule has 0 saturated heterocycles. The van der Waals surface area contributed by atoms with Crippen LogP contribution >= 0.6 is 11.3 Å². The first-order valence-corrected chi connectivity index (χ1v) is 11.5. The summed E-state index contributed by atoms with van der Waals surface area (Å²) < 4.78 is 16.2. The number of nitriles is 1. The van der Waals surface area contributed by atoms with Gasteiger partial charge in [-0.3, -0.25) is 0 Å². The van der Waals surface area contributed by atoms with Crippen molar-refractivity contribution in [3.05, 3.63) is 87.7 Å². The number of ether oxygens (including phenoxy) is 2. The lowest BCUT2D eigenvalue weighted by atomic mass is 10.0. The molecule has 0 unspecified atom stereocenters. The van der Waals surface area contributed by atoms with Crippen molar-refractivity contribution < 1.29 is 13.9 Å². The van der Waals surface area contributed by atoms with E-state index in [0.717, 1.165) is 16.2 Å². The van der Waals surface area contributed by atoms with E-state index >= 15 is 0 Å². The Morgan fingerprint density at radius 3 is 2.74 bits per heavy atom. The Balaban J connectivity index is 1.52. The summed E-state index contributed by atoms with van der Waals surface area (Å²) in [5, 5.41) is 17.9. The van der Waals surface area contributed by atoms with Crippen molar-refractivity contribution in [2.75, 3.05) is 19.5 Å². The minimum Gasteiger partial charge on any atom is -0.497 e. The molecule has 172 valence electrons. The van der Waals surface area contributed by atoms with Crippen LogP contribution in [0.3, 0.4) is 0 Å². The molecule has 0 fully saturated rings. The zero-order valence-electron chi connectivity index (χ0n) is 18.9. The van der Waals surface area contributed by atoms with E-state index < -0.39 is 5.63 Å². The number of hydrogen-bond donors (Lipinski definition) is 1. The average molecular weight is 482 g/mol. The summed E-state index contributed by atoms with van der Waals surface area (Å²) in [5.41, 5.74) is 1.78. The molecular weight excluding hydrogens is 462 g/mol. The van der Waals surface area contributed by atoms with Gasteiger partial charge in [0.2, 0.25) is 0 Å². The van der Waals surface area contributed by atoms with Gasteiger partial charge < -0.3 is 19.2 Å². The van der Waals surface area contributed by atoms with E-state index in [0.29, 0.717) is 44.6 Å². The van der Waals surface area contributed by atoms with Gasteiger partial charge in [0, 0.05) is 23.0 Å². The molecule has 5 rings (SSSR count). The van der Waals surface area contributed by atoms with E-state index in [-0.39, 0.29) is 0 Å². The van der Waals surface area contributed by atoms with Gasteiger partial charge in [0.1, 0.15) is 33.7 Å². The second kappa shape index (κ2) is 9.33. The van der Waals surface area contributed by atoms with Crippen LogP contribution in [0.2, 0.25) is 0 Å².